The van der Waals surface area contributed by atoms with Gasteiger partial charge in [0.25, 0.3) is 5.91 Å². The SMILES string of the molecule is Cc1ccccc1C(=O)NCl. The van der Waals surface area contributed by atoms with E-state index in [1.54, 1.807) is 12.1 Å². The molecule has 0 fully saturated rings. The minimum atomic E-state index is -0.259. The maximum atomic E-state index is 11.0. The zero-order valence-electron chi connectivity index (χ0n) is 6.10. The molecule has 3 heteroatoms. The van der Waals surface area contributed by atoms with Gasteiger partial charge in [-0.3, -0.25) is 9.63 Å². The van der Waals surface area contributed by atoms with Crippen LogP contribution in [0.2, 0.25) is 0 Å². The van der Waals surface area contributed by atoms with E-state index in [2.05, 4.69) is 4.84 Å². The van der Waals surface area contributed by atoms with E-state index in [0.29, 0.717) is 5.56 Å². The summed E-state index contributed by atoms with van der Waals surface area (Å²) >= 11 is 5.16. The van der Waals surface area contributed by atoms with Crippen molar-refractivity contribution in [2.75, 3.05) is 0 Å². The van der Waals surface area contributed by atoms with Gasteiger partial charge in [-0.15, -0.1) is 0 Å². The van der Waals surface area contributed by atoms with Gasteiger partial charge in [0.05, 0.1) is 0 Å². The van der Waals surface area contributed by atoms with Crippen molar-refractivity contribution < 1.29 is 4.79 Å². The van der Waals surface area contributed by atoms with Crippen molar-refractivity contribution >= 4 is 17.7 Å². The van der Waals surface area contributed by atoms with Gasteiger partial charge in [0, 0.05) is 17.3 Å². The van der Waals surface area contributed by atoms with Crippen LogP contribution in [0.4, 0.5) is 0 Å². The topological polar surface area (TPSA) is 29.1 Å². The number of amides is 1. The molecule has 1 rings (SSSR count). The van der Waals surface area contributed by atoms with Crippen molar-refractivity contribution in [2.24, 2.45) is 0 Å². The number of halogens is 1. The van der Waals surface area contributed by atoms with Gasteiger partial charge in [0.2, 0.25) is 0 Å². The Morgan fingerprint density at radius 3 is 2.64 bits per heavy atom. The Morgan fingerprint density at radius 1 is 1.45 bits per heavy atom. The van der Waals surface area contributed by atoms with Crippen molar-refractivity contribution in [3.63, 3.8) is 0 Å². The molecule has 1 aromatic carbocycles. The number of carbonyl (C=O) groups is 1. The molecule has 1 aromatic rings. The Hall–Kier alpha value is -1.02. The van der Waals surface area contributed by atoms with Crippen molar-refractivity contribution in [1.82, 2.24) is 4.84 Å². The number of carbonyl (C=O) groups excluding carboxylic acids is 1. The monoisotopic (exact) mass is 169 g/mol. The van der Waals surface area contributed by atoms with Crippen LogP contribution in [0.3, 0.4) is 0 Å². The molecule has 0 atom stereocenters. The summed E-state index contributed by atoms with van der Waals surface area (Å²) in [5.74, 6) is -0.259. The second-order valence-electron chi connectivity index (χ2n) is 2.24. The van der Waals surface area contributed by atoms with Crippen molar-refractivity contribution in [3.8, 4) is 0 Å². The first-order valence-corrected chi connectivity index (χ1v) is 3.60. The molecule has 2 nitrogen and oxygen atoms in total. The number of hydrogen-bond donors (Lipinski definition) is 1. The average Bonchev–Trinajstić information content (AvgIpc) is 2.04. The lowest BCUT2D eigenvalue weighted by Crippen LogP contribution is -2.13. The number of aryl methyl sites for hydroxylation is 1. The minimum Gasteiger partial charge on any atom is -0.268 e. The lowest BCUT2D eigenvalue weighted by Gasteiger charge is -2.00. The molecule has 0 aliphatic carbocycles. The van der Waals surface area contributed by atoms with Crippen molar-refractivity contribution in [2.45, 2.75) is 6.92 Å². The molecule has 1 N–H and O–H groups in total. The summed E-state index contributed by atoms with van der Waals surface area (Å²) in [6.45, 7) is 1.86. The molecule has 0 heterocycles. The molecule has 0 aliphatic heterocycles. The zero-order chi connectivity index (χ0) is 8.27. The van der Waals surface area contributed by atoms with Crippen LogP contribution in [-0.4, -0.2) is 5.91 Å². The Balaban J connectivity index is 3.03. The van der Waals surface area contributed by atoms with Gasteiger partial charge in [0.15, 0.2) is 0 Å². The summed E-state index contributed by atoms with van der Waals surface area (Å²) in [6, 6.07) is 7.27. The summed E-state index contributed by atoms with van der Waals surface area (Å²) in [6.07, 6.45) is 0. The normalized spacial score (nSPS) is 9.27. The fourth-order valence-corrected chi connectivity index (χ4v) is 0.980. The highest BCUT2D eigenvalue weighted by atomic mass is 35.5. The van der Waals surface area contributed by atoms with Gasteiger partial charge in [-0.2, -0.15) is 0 Å². The smallest absolute Gasteiger partial charge is 0.265 e. The first-order valence-electron chi connectivity index (χ1n) is 3.22. The molecular formula is C8H8ClNO. The van der Waals surface area contributed by atoms with Crippen LogP contribution in [0.25, 0.3) is 0 Å². The van der Waals surface area contributed by atoms with E-state index in [0.717, 1.165) is 5.56 Å². The largest absolute Gasteiger partial charge is 0.268 e. The fourth-order valence-electron chi connectivity index (χ4n) is 0.879. The summed E-state index contributed by atoms with van der Waals surface area (Å²) in [5, 5.41) is 0. The number of benzene rings is 1. The van der Waals surface area contributed by atoms with Crippen LogP contribution < -0.4 is 4.84 Å². The Labute approximate surface area is 70.3 Å². The molecule has 58 valence electrons. The third-order valence-electron chi connectivity index (χ3n) is 1.48. The summed E-state index contributed by atoms with van der Waals surface area (Å²) < 4.78 is 0. The first kappa shape index (κ1) is 8.08. The highest BCUT2D eigenvalue weighted by Crippen LogP contribution is 2.06. The van der Waals surface area contributed by atoms with E-state index < -0.39 is 0 Å². The van der Waals surface area contributed by atoms with E-state index >= 15 is 0 Å². The molecule has 11 heavy (non-hydrogen) atoms. The lowest BCUT2D eigenvalue weighted by atomic mass is 10.1. The van der Waals surface area contributed by atoms with Gasteiger partial charge in [-0.1, -0.05) is 18.2 Å². The Morgan fingerprint density at radius 2 is 2.09 bits per heavy atom. The first-order chi connectivity index (χ1) is 5.25. The minimum absolute atomic E-state index is 0.259. The zero-order valence-corrected chi connectivity index (χ0v) is 6.85. The standard InChI is InChI=1S/C8H8ClNO/c1-6-4-2-3-5-7(6)8(11)10-9/h2-5H,1H3,(H,10,11). The van der Waals surface area contributed by atoms with Gasteiger partial charge >= 0.3 is 0 Å². The molecule has 0 aromatic heterocycles. The third-order valence-corrected chi connectivity index (χ3v) is 1.65. The highest BCUT2D eigenvalue weighted by molar-refractivity contribution is 6.24. The van der Waals surface area contributed by atoms with Crippen LogP contribution in [-0.2, 0) is 0 Å². The van der Waals surface area contributed by atoms with Crippen LogP contribution in [0.15, 0.2) is 24.3 Å². The maximum absolute atomic E-state index is 11.0. The van der Waals surface area contributed by atoms with Gasteiger partial charge < -0.3 is 0 Å². The second kappa shape index (κ2) is 3.39. The molecular weight excluding hydrogens is 162 g/mol. The third kappa shape index (κ3) is 1.71. The quantitative estimate of drug-likeness (QED) is 0.639. The van der Waals surface area contributed by atoms with Crippen LogP contribution in [0.5, 0.6) is 0 Å². The van der Waals surface area contributed by atoms with Crippen molar-refractivity contribution in [3.05, 3.63) is 35.4 Å². The molecule has 0 unspecified atom stereocenters. The van der Waals surface area contributed by atoms with Crippen molar-refractivity contribution in [1.29, 1.82) is 0 Å². The van der Waals surface area contributed by atoms with E-state index in [1.165, 1.54) is 0 Å². The van der Waals surface area contributed by atoms with E-state index in [4.69, 9.17) is 11.8 Å². The molecule has 0 radical (unpaired) electrons. The number of rotatable bonds is 1. The van der Waals surface area contributed by atoms with E-state index in [1.807, 2.05) is 19.1 Å². The molecule has 1 amide bonds. The summed E-state index contributed by atoms with van der Waals surface area (Å²) in [7, 11) is 0. The number of nitrogens with one attached hydrogen (secondary N) is 1. The van der Waals surface area contributed by atoms with E-state index in [-0.39, 0.29) is 5.91 Å². The fraction of sp³-hybridized carbons (Fsp3) is 0.125. The van der Waals surface area contributed by atoms with Gasteiger partial charge in [-0.25, -0.2) is 0 Å². The van der Waals surface area contributed by atoms with Crippen LogP contribution in [0.1, 0.15) is 15.9 Å². The highest BCUT2D eigenvalue weighted by Gasteiger charge is 2.04. The number of hydrogen-bond acceptors (Lipinski definition) is 1. The summed E-state index contributed by atoms with van der Waals surface area (Å²) in [5.41, 5.74) is 1.54. The molecule has 0 saturated carbocycles. The molecule has 0 bridgehead atoms. The maximum Gasteiger partial charge on any atom is 0.265 e. The second-order valence-corrected chi connectivity index (χ2v) is 2.43. The molecule has 0 spiro atoms. The van der Waals surface area contributed by atoms with Crippen LogP contribution in [0, 0.1) is 6.92 Å². The Kier molecular flexibility index (Phi) is 2.49. The summed E-state index contributed by atoms with van der Waals surface area (Å²) in [4.78, 5) is 13.0. The Bertz CT molecular complexity index is 273. The van der Waals surface area contributed by atoms with Gasteiger partial charge in [0.1, 0.15) is 0 Å². The molecule has 0 saturated heterocycles. The van der Waals surface area contributed by atoms with Gasteiger partial charge in [-0.05, 0) is 18.6 Å². The van der Waals surface area contributed by atoms with Crippen LogP contribution >= 0.6 is 11.8 Å². The molecule has 0 aliphatic rings. The van der Waals surface area contributed by atoms with E-state index in [9.17, 15) is 4.79 Å². The predicted molar refractivity (Wildman–Crippen MR) is 44.5 cm³/mol. The predicted octanol–water partition coefficient (Wildman–Crippen LogP) is 1.88. The average molecular weight is 170 g/mol. The lowest BCUT2D eigenvalue weighted by molar-refractivity contribution is 0.0981.